The first-order valence-corrected chi connectivity index (χ1v) is 7.02. The fraction of sp³-hybridized carbons (Fsp3) is 0.235. The van der Waals surface area contributed by atoms with Crippen LogP contribution in [0.25, 0.3) is 0 Å². The Bertz CT molecular complexity index is 698. The predicted molar refractivity (Wildman–Crippen MR) is 80.6 cm³/mol. The van der Waals surface area contributed by atoms with E-state index in [0.29, 0.717) is 17.9 Å². The number of carbonyl (C=O) groups is 1. The van der Waals surface area contributed by atoms with Crippen LogP contribution < -0.4 is 4.74 Å². The maximum absolute atomic E-state index is 12.7. The molecule has 0 saturated carbocycles. The zero-order valence-corrected chi connectivity index (χ0v) is 12.7. The van der Waals surface area contributed by atoms with Gasteiger partial charge in [0.05, 0.1) is 5.56 Å². The van der Waals surface area contributed by atoms with Crippen molar-refractivity contribution in [3.05, 3.63) is 59.7 Å². The van der Waals surface area contributed by atoms with Crippen molar-refractivity contribution in [1.29, 1.82) is 0 Å². The molecule has 0 bridgehead atoms. The Morgan fingerprint density at radius 2 is 1.70 bits per heavy atom. The van der Waals surface area contributed by atoms with Gasteiger partial charge in [-0.05, 0) is 43.3 Å². The van der Waals surface area contributed by atoms with E-state index in [9.17, 15) is 18.0 Å². The number of rotatable bonds is 4. The number of amides is 1. The van der Waals surface area contributed by atoms with Gasteiger partial charge in [-0.3, -0.25) is 4.79 Å². The molecule has 1 amide bonds. The minimum absolute atomic E-state index is 0.0632. The molecule has 0 spiro atoms. The van der Waals surface area contributed by atoms with Crippen LogP contribution in [0.3, 0.4) is 0 Å². The lowest BCUT2D eigenvalue weighted by atomic mass is 10.2. The van der Waals surface area contributed by atoms with Gasteiger partial charge in [0, 0.05) is 19.2 Å². The fourth-order valence-corrected chi connectivity index (χ4v) is 1.93. The Labute approximate surface area is 132 Å². The molecule has 0 heterocycles. The highest BCUT2D eigenvalue weighted by atomic mass is 19.4. The molecule has 0 saturated heterocycles. The lowest BCUT2D eigenvalue weighted by Crippen LogP contribution is -2.26. The molecule has 6 heteroatoms. The number of carbonyl (C=O) groups excluding carboxylic acids is 1. The van der Waals surface area contributed by atoms with Crippen molar-refractivity contribution in [1.82, 2.24) is 4.90 Å². The molecule has 0 aliphatic rings. The highest BCUT2D eigenvalue weighted by molar-refractivity contribution is 5.94. The molecule has 2 rings (SSSR count). The largest absolute Gasteiger partial charge is 0.457 e. The molecule has 0 aliphatic heterocycles. The maximum Gasteiger partial charge on any atom is 0.416 e. The van der Waals surface area contributed by atoms with Crippen LogP contribution in [-0.4, -0.2) is 24.4 Å². The minimum Gasteiger partial charge on any atom is -0.457 e. The molecule has 0 radical (unpaired) electrons. The summed E-state index contributed by atoms with van der Waals surface area (Å²) in [7, 11) is 1.67. The fourth-order valence-electron chi connectivity index (χ4n) is 1.93. The normalized spacial score (nSPS) is 11.2. The number of ether oxygens (including phenoxy) is 1. The number of nitrogens with zero attached hydrogens (tertiary/aromatic N) is 1. The zero-order chi connectivity index (χ0) is 17.0. The van der Waals surface area contributed by atoms with Crippen LogP contribution >= 0.6 is 0 Å². The molecule has 3 nitrogen and oxygen atoms in total. The van der Waals surface area contributed by atoms with E-state index in [1.807, 2.05) is 6.92 Å². The van der Waals surface area contributed by atoms with Crippen LogP contribution in [0.1, 0.15) is 22.8 Å². The van der Waals surface area contributed by atoms with Gasteiger partial charge >= 0.3 is 6.18 Å². The molecular weight excluding hydrogens is 307 g/mol. The number of benzene rings is 2. The van der Waals surface area contributed by atoms with Gasteiger partial charge < -0.3 is 9.64 Å². The van der Waals surface area contributed by atoms with E-state index < -0.39 is 11.7 Å². The lowest BCUT2D eigenvalue weighted by Gasteiger charge is -2.15. The molecule has 0 atom stereocenters. The van der Waals surface area contributed by atoms with Gasteiger partial charge in [0.1, 0.15) is 11.5 Å². The summed E-state index contributed by atoms with van der Waals surface area (Å²) in [4.78, 5) is 13.6. The number of hydrogen-bond donors (Lipinski definition) is 0. The Kier molecular flexibility index (Phi) is 4.93. The summed E-state index contributed by atoms with van der Waals surface area (Å²) in [6.07, 6.45) is -4.43. The van der Waals surface area contributed by atoms with E-state index in [2.05, 4.69) is 0 Å². The van der Waals surface area contributed by atoms with Gasteiger partial charge in [-0.2, -0.15) is 13.2 Å². The van der Waals surface area contributed by atoms with Gasteiger partial charge in [-0.25, -0.2) is 0 Å². The summed E-state index contributed by atoms with van der Waals surface area (Å²) in [6.45, 7) is 2.40. The molecule has 0 aliphatic carbocycles. The van der Waals surface area contributed by atoms with Gasteiger partial charge in [0.2, 0.25) is 0 Å². The average Bonchev–Trinajstić information content (AvgIpc) is 2.53. The smallest absolute Gasteiger partial charge is 0.416 e. The summed E-state index contributed by atoms with van der Waals surface area (Å²) in [5.41, 5.74) is -0.369. The Balaban J connectivity index is 2.23. The molecule has 23 heavy (non-hydrogen) atoms. The van der Waals surface area contributed by atoms with E-state index in [0.717, 1.165) is 12.1 Å². The second-order valence-electron chi connectivity index (χ2n) is 4.97. The first-order valence-electron chi connectivity index (χ1n) is 7.02. The third-order valence-electron chi connectivity index (χ3n) is 3.30. The van der Waals surface area contributed by atoms with Crippen molar-refractivity contribution >= 4 is 5.91 Å². The first-order chi connectivity index (χ1) is 10.8. The average molecular weight is 323 g/mol. The van der Waals surface area contributed by atoms with Crippen molar-refractivity contribution in [2.75, 3.05) is 13.6 Å². The second kappa shape index (κ2) is 6.73. The minimum atomic E-state index is -4.43. The predicted octanol–water partition coefficient (Wildman–Crippen LogP) is 4.59. The van der Waals surface area contributed by atoms with Crippen molar-refractivity contribution in [2.24, 2.45) is 0 Å². The molecule has 0 unspecified atom stereocenters. The van der Waals surface area contributed by atoms with Gasteiger partial charge in [-0.1, -0.05) is 12.1 Å². The molecule has 122 valence electrons. The van der Waals surface area contributed by atoms with Crippen LogP contribution in [0.15, 0.2) is 48.5 Å². The molecule has 2 aromatic carbocycles. The quantitative estimate of drug-likeness (QED) is 0.823. The van der Waals surface area contributed by atoms with E-state index in [1.165, 1.54) is 23.1 Å². The zero-order valence-electron chi connectivity index (χ0n) is 12.7. The standard InChI is InChI=1S/C17H16F3NO2/c1-3-21(2)16(22)12-6-4-8-14(10-12)23-15-9-5-7-13(11-15)17(18,19)20/h4-11H,3H2,1-2H3. The Hall–Kier alpha value is -2.50. The monoisotopic (exact) mass is 323 g/mol. The molecule has 0 N–H and O–H groups in total. The third-order valence-corrected chi connectivity index (χ3v) is 3.30. The van der Waals surface area contributed by atoms with Crippen molar-refractivity contribution in [3.63, 3.8) is 0 Å². The second-order valence-corrected chi connectivity index (χ2v) is 4.97. The van der Waals surface area contributed by atoms with Crippen LogP contribution in [-0.2, 0) is 6.18 Å². The van der Waals surface area contributed by atoms with Gasteiger partial charge in [-0.15, -0.1) is 0 Å². The number of hydrogen-bond acceptors (Lipinski definition) is 2. The van der Waals surface area contributed by atoms with E-state index in [4.69, 9.17) is 4.74 Å². The Morgan fingerprint density at radius 1 is 1.09 bits per heavy atom. The molecule has 0 fully saturated rings. The molecule has 0 aromatic heterocycles. The van der Waals surface area contributed by atoms with Crippen LogP contribution in [0.5, 0.6) is 11.5 Å². The van der Waals surface area contributed by atoms with E-state index in [1.54, 1.807) is 25.2 Å². The van der Waals surface area contributed by atoms with E-state index in [-0.39, 0.29) is 11.7 Å². The topological polar surface area (TPSA) is 29.5 Å². The van der Waals surface area contributed by atoms with Crippen LogP contribution in [0.4, 0.5) is 13.2 Å². The summed E-state index contributed by atoms with van der Waals surface area (Å²) in [6, 6.07) is 11.0. The Morgan fingerprint density at radius 3 is 2.30 bits per heavy atom. The summed E-state index contributed by atoms with van der Waals surface area (Å²) in [5, 5.41) is 0. The first kappa shape index (κ1) is 16.9. The number of halogens is 3. The van der Waals surface area contributed by atoms with Crippen LogP contribution in [0, 0.1) is 0 Å². The lowest BCUT2D eigenvalue weighted by molar-refractivity contribution is -0.137. The van der Waals surface area contributed by atoms with Gasteiger partial charge in [0.25, 0.3) is 5.91 Å². The summed E-state index contributed by atoms with van der Waals surface area (Å²) >= 11 is 0. The maximum atomic E-state index is 12.7. The van der Waals surface area contributed by atoms with Crippen molar-refractivity contribution in [2.45, 2.75) is 13.1 Å². The van der Waals surface area contributed by atoms with Gasteiger partial charge in [0.15, 0.2) is 0 Å². The third kappa shape index (κ3) is 4.25. The summed E-state index contributed by atoms with van der Waals surface area (Å²) in [5.74, 6) is 0.190. The SMILES string of the molecule is CCN(C)C(=O)c1cccc(Oc2cccc(C(F)(F)F)c2)c1. The number of alkyl halides is 3. The highest BCUT2D eigenvalue weighted by Gasteiger charge is 2.30. The molecular formula is C17H16F3NO2. The van der Waals surface area contributed by atoms with Crippen LogP contribution in [0.2, 0.25) is 0 Å². The molecule has 2 aromatic rings. The highest BCUT2D eigenvalue weighted by Crippen LogP contribution is 2.32. The van der Waals surface area contributed by atoms with Crippen molar-refractivity contribution < 1.29 is 22.7 Å². The summed E-state index contributed by atoms with van der Waals surface area (Å²) < 4.78 is 43.5. The van der Waals surface area contributed by atoms with E-state index >= 15 is 0 Å². The van der Waals surface area contributed by atoms with Crippen molar-refractivity contribution in [3.8, 4) is 11.5 Å².